The molecule has 0 aromatic heterocycles. The second-order valence-electron chi connectivity index (χ2n) is 5.28. The third-order valence-electron chi connectivity index (χ3n) is 3.76. The molecule has 0 bridgehead atoms. The van der Waals surface area contributed by atoms with Gasteiger partial charge in [-0.15, -0.1) is 0 Å². The zero-order valence-electron chi connectivity index (χ0n) is 11.3. The van der Waals surface area contributed by atoms with Crippen molar-refractivity contribution in [3.05, 3.63) is 29.8 Å². The van der Waals surface area contributed by atoms with Crippen molar-refractivity contribution in [1.82, 2.24) is 5.32 Å². The van der Waals surface area contributed by atoms with Crippen molar-refractivity contribution in [1.29, 1.82) is 0 Å². The highest BCUT2D eigenvalue weighted by atomic mass is 16.5. The normalized spacial score (nSPS) is 23.0. The second kappa shape index (κ2) is 6.06. The molecule has 1 aliphatic heterocycles. The number of ether oxygens (including phenoxy) is 1. The standard InChI is InChI=1S/C15H21NO3/c1-12-4-2-5-13(10-12)19-9-7-15(14(17)18)6-3-8-16-11-15/h2,4-5,10,16H,3,6-9,11H2,1H3,(H,17,18). The van der Waals surface area contributed by atoms with Crippen LogP contribution < -0.4 is 10.1 Å². The zero-order chi connectivity index (χ0) is 13.7. The molecule has 1 unspecified atom stereocenters. The summed E-state index contributed by atoms with van der Waals surface area (Å²) in [6.07, 6.45) is 2.19. The van der Waals surface area contributed by atoms with Gasteiger partial charge in [0.25, 0.3) is 0 Å². The maximum atomic E-state index is 11.5. The highest BCUT2D eigenvalue weighted by Crippen LogP contribution is 2.30. The number of carbonyl (C=O) groups is 1. The van der Waals surface area contributed by atoms with Gasteiger partial charge in [-0.2, -0.15) is 0 Å². The summed E-state index contributed by atoms with van der Waals surface area (Å²) in [5.74, 6) is 0.0943. The van der Waals surface area contributed by atoms with Crippen molar-refractivity contribution < 1.29 is 14.6 Å². The molecule has 1 aromatic rings. The SMILES string of the molecule is Cc1cccc(OCCC2(C(=O)O)CCCNC2)c1. The van der Waals surface area contributed by atoms with Crippen molar-refractivity contribution in [2.45, 2.75) is 26.2 Å². The molecule has 0 aliphatic carbocycles. The molecular weight excluding hydrogens is 242 g/mol. The van der Waals surface area contributed by atoms with Crippen LogP contribution in [0.2, 0.25) is 0 Å². The number of hydrogen-bond donors (Lipinski definition) is 2. The Morgan fingerprint density at radius 1 is 1.53 bits per heavy atom. The van der Waals surface area contributed by atoms with Crippen LogP contribution in [0.25, 0.3) is 0 Å². The first-order valence-corrected chi connectivity index (χ1v) is 6.76. The van der Waals surface area contributed by atoms with Crippen LogP contribution >= 0.6 is 0 Å². The molecule has 0 amide bonds. The van der Waals surface area contributed by atoms with Crippen molar-refractivity contribution in [3.8, 4) is 5.75 Å². The van der Waals surface area contributed by atoms with Crippen LogP contribution in [0.5, 0.6) is 5.75 Å². The lowest BCUT2D eigenvalue weighted by Crippen LogP contribution is -2.46. The fourth-order valence-electron chi connectivity index (χ4n) is 2.54. The number of piperidine rings is 1. The Hall–Kier alpha value is -1.55. The van der Waals surface area contributed by atoms with Gasteiger partial charge >= 0.3 is 5.97 Å². The van der Waals surface area contributed by atoms with Crippen molar-refractivity contribution in [2.75, 3.05) is 19.7 Å². The van der Waals surface area contributed by atoms with Crippen molar-refractivity contribution in [3.63, 3.8) is 0 Å². The quantitative estimate of drug-likeness (QED) is 0.855. The Kier molecular flexibility index (Phi) is 4.43. The Morgan fingerprint density at radius 2 is 2.37 bits per heavy atom. The highest BCUT2D eigenvalue weighted by Gasteiger charge is 2.39. The molecule has 2 N–H and O–H groups in total. The number of aliphatic carboxylic acids is 1. The molecule has 1 aromatic carbocycles. The molecule has 1 saturated heterocycles. The van der Waals surface area contributed by atoms with Crippen LogP contribution in [0.1, 0.15) is 24.8 Å². The van der Waals surface area contributed by atoms with Gasteiger partial charge in [0.15, 0.2) is 0 Å². The lowest BCUT2D eigenvalue weighted by molar-refractivity contribution is -0.151. The third kappa shape index (κ3) is 3.47. The molecule has 4 heteroatoms. The minimum atomic E-state index is -0.715. The van der Waals surface area contributed by atoms with E-state index in [1.807, 2.05) is 31.2 Å². The summed E-state index contributed by atoms with van der Waals surface area (Å²) in [6, 6.07) is 7.82. The van der Waals surface area contributed by atoms with Crippen molar-refractivity contribution in [2.24, 2.45) is 5.41 Å². The molecule has 104 valence electrons. The van der Waals surface area contributed by atoms with Crippen LogP contribution in [-0.4, -0.2) is 30.8 Å². The Bertz CT molecular complexity index is 439. The maximum absolute atomic E-state index is 11.5. The lowest BCUT2D eigenvalue weighted by atomic mass is 9.78. The smallest absolute Gasteiger partial charge is 0.311 e. The molecule has 1 heterocycles. The van der Waals surface area contributed by atoms with Crippen LogP contribution in [0.3, 0.4) is 0 Å². The minimum Gasteiger partial charge on any atom is -0.494 e. The van der Waals surface area contributed by atoms with E-state index in [9.17, 15) is 9.90 Å². The highest BCUT2D eigenvalue weighted by molar-refractivity contribution is 5.75. The van der Waals surface area contributed by atoms with E-state index in [-0.39, 0.29) is 0 Å². The van der Waals surface area contributed by atoms with E-state index in [1.54, 1.807) is 0 Å². The molecule has 1 atom stereocenters. The van der Waals surface area contributed by atoms with Gasteiger partial charge in [0.2, 0.25) is 0 Å². The Balaban J connectivity index is 1.91. The van der Waals surface area contributed by atoms with Gasteiger partial charge in [-0.25, -0.2) is 0 Å². The van der Waals surface area contributed by atoms with Gasteiger partial charge < -0.3 is 15.2 Å². The Morgan fingerprint density at radius 3 is 3.00 bits per heavy atom. The fraction of sp³-hybridized carbons (Fsp3) is 0.533. The van der Waals surface area contributed by atoms with Gasteiger partial charge in [0.05, 0.1) is 12.0 Å². The number of aryl methyl sites for hydroxylation is 1. The number of hydrogen-bond acceptors (Lipinski definition) is 3. The van der Waals surface area contributed by atoms with E-state index in [0.717, 1.165) is 30.7 Å². The van der Waals surface area contributed by atoms with Gasteiger partial charge in [-0.1, -0.05) is 12.1 Å². The molecule has 4 nitrogen and oxygen atoms in total. The number of carboxylic acid groups (broad SMARTS) is 1. The maximum Gasteiger partial charge on any atom is 0.311 e. The van der Waals surface area contributed by atoms with Gasteiger partial charge in [-0.3, -0.25) is 4.79 Å². The van der Waals surface area contributed by atoms with E-state index in [4.69, 9.17) is 4.74 Å². The number of benzene rings is 1. The summed E-state index contributed by atoms with van der Waals surface area (Å²) >= 11 is 0. The summed E-state index contributed by atoms with van der Waals surface area (Å²) < 4.78 is 5.67. The predicted molar refractivity (Wildman–Crippen MR) is 73.5 cm³/mol. The minimum absolute atomic E-state index is 0.442. The first kappa shape index (κ1) is 13.9. The fourth-order valence-corrected chi connectivity index (χ4v) is 2.54. The lowest BCUT2D eigenvalue weighted by Gasteiger charge is -2.33. The number of rotatable bonds is 5. The van der Waals surface area contributed by atoms with Crippen LogP contribution in [0.15, 0.2) is 24.3 Å². The van der Waals surface area contributed by atoms with Crippen LogP contribution in [0, 0.1) is 12.3 Å². The van der Waals surface area contributed by atoms with E-state index in [2.05, 4.69) is 5.32 Å². The topological polar surface area (TPSA) is 58.6 Å². The molecule has 0 radical (unpaired) electrons. The molecule has 2 rings (SSSR count). The Labute approximate surface area is 113 Å². The number of carboxylic acids is 1. The monoisotopic (exact) mass is 263 g/mol. The summed E-state index contributed by atoms with van der Waals surface area (Å²) in [4.78, 5) is 11.5. The van der Waals surface area contributed by atoms with Gasteiger partial charge in [0.1, 0.15) is 5.75 Å². The molecule has 1 aliphatic rings. The van der Waals surface area contributed by atoms with Crippen LogP contribution in [-0.2, 0) is 4.79 Å². The van der Waals surface area contributed by atoms with Gasteiger partial charge in [-0.05, 0) is 50.4 Å². The average molecular weight is 263 g/mol. The van der Waals surface area contributed by atoms with E-state index in [0.29, 0.717) is 19.6 Å². The first-order chi connectivity index (χ1) is 9.12. The van der Waals surface area contributed by atoms with E-state index < -0.39 is 11.4 Å². The summed E-state index contributed by atoms with van der Waals surface area (Å²) in [7, 11) is 0. The molecular formula is C15H21NO3. The third-order valence-corrected chi connectivity index (χ3v) is 3.76. The summed E-state index contributed by atoms with van der Waals surface area (Å²) in [5, 5.41) is 12.6. The molecule has 19 heavy (non-hydrogen) atoms. The second-order valence-corrected chi connectivity index (χ2v) is 5.28. The summed E-state index contributed by atoms with van der Waals surface area (Å²) in [5.41, 5.74) is 0.479. The van der Waals surface area contributed by atoms with E-state index >= 15 is 0 Å². The van der Waals surface area contributed by atoms with Crippen LogP contribution in [0.4, 0.5) is 0 Å². The summed E-state index contributed by atoms with van der Waals surface area (Å²) in [6.45, 7) is 3.90. The molecule has 0 spiro atoms. The molecule has 1 fully saturated rings. The van der Waals surface area contributed by atoms with Crippen molar-refractivity contribution >= 4 is 5.97 Å². The zero-order valence-corrected chi connectivity index (χ0v) is 11.3. The first-order valence-electron chi connectivity index (χ1n) is 6.76. The molecule has 0 saturated carbocycles. The van der Waals surface area contributed by atoms with E-state index in [1.165, 1.54) is 0 Å². The average Bonchev–Trinajstić information content (AvgIpc) is 2.40. The number of nitrogens with one attached hydrogen (secondary N) is 1. The largest absolute Gasteiger partial charge is 0.494 e. The predicted octanol–water partition coefficient (Wildman–Crippen LogP) is 2.22. The van der Waals surface area contributed by atoms with Gasteiger partial charge in [0, 0.05) is 6.54 Å².